The molecule has 0 radical (unpaired) electrons. The Kier molecular flexibility index (Phi) is 9.48. The molecule has 108 valence electrons. The number of ether oxygens (including phenoxy) is 3. The minimum Gasteiger partial charge on any atom is -0.381 e. The van der Waals surface area contributed by atoms with Gasteiger partial charge in [-0.15, -0.1) is 0 Å². The SMILES string of the molecule is CCCNC(COCCOCCC)C1CCOC1. The summed E-state index contributed by atoms with van der Waals surface area (Å²) in [6, 6.07) is 0.429. The second-order valence-electron chi connectivity index (χ2n) is 4.87. The standard InChI is InChI=1S/C14H29NO3/c1-3-6-15-14(13-5-8-17-11-13)12-18-10-9-16-7-4-2/h13-15H,3-12H2,1-2H3. The van der Waals surface area contributed by atoms with Crippen molar-refractivity contribution in [1.82, 2.24) is 5.32 Å². The summed E-state index contributed by atoms with van der Waals surface area (Å²) in [6.45, 7) is 10.1. The van der Waals surface area contributed by atoms with Crippen LogP contribution in [-0.2, 0) is 14.2 Å². The predicted molar refractivity (Wildman–Crippen MR) is 72.9 cm³/mol. The fourth-order valence-corrected chi connectivity index (χ4v) is 2.14. The number of nitrogens with one attached hydrogen (secondary N) is 1. The lowest BCUT2D eigenvalue weighted by Gasteiger charge is -2.23. The van der Waals surface area contributed by atoms with Crippen LogP contribution in [-0.4, -0.2) is 52.2 Å². The highest BCUT2D eigenvalue weighted by atomic mass is 16.5. The van der Waals surface area contributed by atoms with Crippen LogP contribution in [0.1, 0.15) is 33.1 Å². The molecule has 1 aliphatic heterocycles. The van der Waals surface area contributed by atoms with Gasteiger partial charge in [-0.05, 0) is 25.8 Å². The van der Waals surface area contributed by atoms with Crippen LogP contribution in [0, 0.1) is 5.92 Å². The zero-order valence-electron chi connectivity index (χ0n) is 12.0. The fraction of sp³-hybridized carbons (Fsp3) is 1.00. The van der Waals surface area contributed by atoms with E-state index >= 15 is 0 Å². The van der Waals surface area contributed by atoms with Crippen LogP contribution in [0.2, 0.25) is 0 Å². The van der Waals surface area contributed by atoms with Gasteiger partial charge in [0, 0.05) is 25.2 Å². The van der Waals surface area contributed by atoms with Crippen molar-refractivity contribution in [2.45, 2.75) is 39.2 Å². The highest BCUT2D eigenvalue weighted by Gasteiger charge is 2.25. The van der Waals surface area contributed by atoms with Crippen molar-refractivity contribution in [3.63, 3.8) is 0 Å². The smallest absolute Gasteiger partial charge is 0.0701 e. The molecule has 0 aromatic rings. The predicted octanol–water partition coefficient (Wildman–Crippen LogP) is 1.83. The Morgan fingerprint density at radius 2 is 2.00 bits per heavy atom. The minimum absolute atomic E-state index is 0.429. The third kappa shape index (κ3) is 6.69. The molecule has 1 aliphatic rings. The Hall–Kier alpha value is -0.160. The van der Waals surface area contributed by atoms with Gasteiger partial charge >= 0.3 is 0 Å². The highest BCUT2D eigenvalue weighted by molar-refractivity contribution is 4.79. The fourth-order valence-electron chi connectivity index (χ4n) is 2.14. The Labute approximate surface area is 111 Å². The molecule has 1 N–H and O–H groups in total. The van der Waals surface area contributed by atoms with Crippen LogP contribution >= 0.6 is 0 Å². The van der Waals surface area contributed by atoms with Gasteiger partial charge in [0.2, 0.25) is 0 Å². The van der Waals surface area contributed by atoms with Crippen molar-refractivity contribution in [3.05, 3.63) is 0 Å². The summed E-state index contributed by atoms with van der Waals surface area (Å²) in [5.41, 5.74) is 0. The molecule has 18 heavy (non-hydrogen) atoms. The average molecular weight is 259 g/mol. The summed E-state index contributed by atoms with van der Waals surface area (Å²) in [7, 11) is 0. The van der Waals surface area contributed by atoms with Gasteiger partial charge in [0.15, 0.2) is 0 Å². The lowest BCUT2D eigenvalue weighted by molar-refractivity contribution is 0.0312. The van der Waals surface area contributed by atoms with Gasteiger partial charge in [0.1, 0.15) is 0 Å². The van der Waals surface area contributed by atoms with Crippen molar-refractivity contribution >= 4 is 0 Å². The van der Waals surface area contributed by atoms with E-state index in [0.29, 0.717) is 25.2 Å². The van der Waals surface area contributed by atoms with Crippen LogP contribution in [0.4, 0.5) is 0 Å². The van der Waals surface area contributed by atoms with E-state index in [2.05, 4.69) is 19.2 Å². The summed E-state index contributed by atoms with van der Waals surface area (Å²) in [6.07, 6.45) is 3.38. The third-order valence-electron chi connectivity index (χ3n) is 3.21. The molecule has 0 aromatic carbocycles. The summed E-state index contributed by atoms with van der Waals surface area (Å²) >= 11 is 0. The molecule has 0 saturated carbocycles. The molecule has 0 amide bonds. The molecular weight excluding hydrogens is 230 g/mol. The van der Waals surface area contributed by atoms with Crippen LogP contribution in [0.5, 0.6) is 0 Å². The van der Waals surface area contributed by atoms with Crippen LogP contribution in [0.3, 0.4) is 0 Å². The molecule has 4 nitrogen and oxygen atoms in total. The van der Waals surface area contributed by atoms with E-state index in [-0.39, 0.29) is 0 Å². The van der Waals surface area contributed by atoms with Crippen molar-refractivity contribution in [2.24, 2.45) is 5.92 Å². The third-order valence-corrected chi connectivity index (χ3v) is 3.21. The molecule has 0 spiro atoms. The summed E-state index contributed by atoms with van der Waals surface area (Å²) in [4.78, 5) is 0. The van der Waals surface area contributed by atoms with Crippen molar-refractivity contribution in [2.75, 3.05) is 46.2 Å². The van der Waals surface area contributed by atoms with Gasteiger partial charge in [-0.25, -0.2) is 0 Å². The van der Waals surface area contributed by atoms with E-state index in [1.54, 1.807) is 0 Å². The van der Waals surface area contributed by atoms with Crippen LogP contribution in [0.15, 0.2) is 0 Å². The van der Waals surface area contributed by atoms with Crippen LogP contribution < -0.4 is 5.32 Å². The first-order chi connectivity index (χ1) is 8.88. The molecule has 4 heteroatoms. The first-order valence-electron chi connectivity index (χ1n) is 7.35. The Bertz CT molecular complexity index is 184. The molecule has 1 heterocycles. The van der Waals surface area contributed by atoms with E-state index in [1.165, 1.54) is 0 Å². The summed E-state index contributed by atoms with van der Waals surface area (Å²) < 4.78 is 16.6. The monoisotopic (exact) mass is 259 g/mol. The molecular formula is C14H29NO3. The molecule has 1 fully saturated rings. The Balaban J connectivity index is 2.11. The minimum atomic E-state index is 0.429. The first-order valence-corrected chi connectivity index (χ1v) is 7.35. The molecule has 0 bridgehead atoms. The van der Waals surface area contributed by atoms with Gasteiger partial charge in [0.05, 0.1) is 26.4 Å². The van der Waals surface area contributed by atoms with Crippen LogP contribution in [0.25, 0.3) is 0 Å². The largest absolute Gasteiger partial charge is 0.381 e. The van der Waals surface area contributed by atoms with E-state index < -0.39 is 0 Å². The van der Waals surface area contributed by atoms with E-state index in [9.17, 15) is 0 Å². The number of hydrogen-bond donors (Lipinski definition) is 1. The summed E-state index contributed by atoms with van der Waals surface area (Å²) in [5.74, 6) is 0.605. The van der Waals surface area contributed by atoms with Gasteiger partial charge in [-0.1, -0.05) is 13.8 Å². The highest BCUT2D eigenvalue weighted by Crippen LogP contribution is 2.17. The molecule has 2 atom stereocenters. The maximum atomic E-state index is 5.71. The molecule has 0 aliphatic carbocycles. The Morgan fingerprint density at radius 3 is 2.67 bits per heavy atom. The van der Waals surface area contributed by atoms with Crippen molar-refractivity contribution in [1.29, 1.82) is 0 Å². The maximum Gasteiger partial charge on any atom is 0.0701 e. The van der Waals surface area contributed by atoms with E-state index in [1.807, 2.05) is 0 Å². The zero-order chi connectivity index (χ0) is 13.1. The number of hydrogen-bond acceptors (Lipinski definition) is 4. The van der Waals surface area contributed by atoms with Gasteiger partial charge < -0.3 is 19.5 Å². The molecule has 1 saturated heterocycles. The summed E-state index contributed by atoms with van der Waals surface area (Å²) in [5, 5.41) is 3.57. The second-order valence-corrected chi connectivity index (χ2v) is 4.87. The molecule has 1 rings (SSSR count). The molecule has 0 aromatic heterocycles. The van der Waals surface area contributed by atoms with Crippen molar-refractivity contribution < 1.29 is 14.2 Å². The normalized spacial score (nSPS) is 21.3. The lowest BCUT2D eigenvalue weighted by Crippen LogP contribution is -2.41. The Morgan fingerprint density at radius 1 is 1.17 bits per heavy atom. The molecule has 2 unspecified atom stereocenters. The van der Waals surface area contributed by atoms with Gasteiger partial charge in [0.25, 0.3) is 0 Å². The lowest BCUT2D eigenvalue weighted by atomic mass is 9.99. The quantitative estimate of drug-likeness (QED) is 0.575. The van der Waals surface area contributed by atoms with Gasteiger partial charge in [-0.3, -0.25) is 0 Å². The van der Waals surface area contributed by atoms with E-state index in [4.69, 9.17) is 14.2 Å². The average Bonchev–Trinajstić information content (AvgIpc) is 2.91. The zero-order valence-corrected chi connectivity index (χ0v) is 12.0. The second kappa shape index (κ2) is 10.7. The topological polar surface area (TPSA) is 39.7 Å². The first kappa shape index (κ1) is 15.9. The van der Waals surface area contributed by atoms with E-state index in [0.717, 1.165) is 52.2 Å². The maximum absolute atomic E-state index is 5.71. The number of rotatable bonds is 11. The van der Waals surface area contributed by atoms with Crippen molar-refractivity contribution in [3.8, 4) is 0 Å². The van der Waals surface area contributed by atoms with Gasteiger partial charge in [-0.2, -0.15) is 0 Å².